The Morgan fingerprint density at radius 3 is 2.23 bits per heavy atom. The molecule has 12 heteroatoms. The molecule has 3 rings (SSSR count). The van der Waals surface area contributed by atoms with Gasteiger partial charge in [-0.05, 0) is 38.0 Å². The number of aliphatic hydroxyl groups is 1. The Balaban J connectivity index is 1.65. The van der Waals surface area contributed by atoms with E-state index < -0.39 is 29.4 Å². The smallest absolute Gasteiger partial charge is 0.373 e. The van der Waals surface area contributed by atoms with Crippen LogP contribution in [0.2, 0.25) is 0 Å². The summed E-state index contributed by atoms with van der Waals surface area (Å²) in [5.41, 5.74) is -3.74. The molecule has 2 aromatic rings. The number of carbonyl (C=O) groups is 1. The molecule has 30 heavy (non-hydrogen) atoms. The summed E-state index contributed by atoms with van der Waals surface area (Å²) in [6.07, 6.45) is -6.68. The molecular weight excluding hydrogens is 418 g/mol. The van der Waals surface area contributed by atoms with Gasteiger partial charge in [0, 0.05) is 31.4 Å². The van der Waals surface area contributed by atoms with Crippen LogP contribution in [0.1, 0.15) is 36.9 Å². The van der Waals surface area contributed by atoms with Gasteiger partial charge in [-0.3, -0.25) is 4.79 Å². The minimum atomic E-state index is -5.08. The zero-order chi connectivity index (χ0) is 22.3. The number of alkyl halides is 6. The fraction of sp³-hybridized carbons (Fsp3) is 0.500. The number of rotatable bonds is 3. The predicted octanol–water partition coefficient (Wildman–Crippen LogP) is 3.31. The number of carbonyl (C=O) groups excluding carboxylic acids is 1. The number of likely N-dealkylation sites (tertiary alicyclic amines) is 1. The Kier molecular flexibility index (Phi) is 5.56. The lowest BCUT2D eigenvalue weighted by molar-refractivity contribution is -0.250. The number of amides is 1. The molecule has 0 unspecified atom stereocenters. The molecule has 0 radical (unpaired) electrons. The van der Waals surface area contributed by atoms with Gasteiger partial charge in [-0.1, -0.05) is 0 Å². The van der Waals surface area contributed by atoms with Gasteiger partial charge in [0.1, 0.15) is 0 Å². The van der Waals surface area contributed by atoms with Gasteiger partial charge in [0.15, 0.2) is 5.82 Å². The number of piperidine rings is 1. The summed E-state index contributed by atoms with van der Waals surface area (Å²) in [5.74, 6) is -1.36. The van der Waals surface area contributed by atoms with E-state index >= 15 is 0 Å². The summed E-state index contributed by atoms with van der Waals surface area (Å²) in [6, 6.07) is 3.72. The normalized spacial score (nSPS) is 18.3. The van der Waals surface area contributed by atoms with E-state index in [1.165, 1.54) is 16.9 Å². The van der Waals surface area contributed by atoms with Crippen molar-refractivity contribution in [2.75, 3.05) is 13.1 Å². The third kappa shape index (κ3) is 4.27. The molecule has 6 nitrogen and oxygen atoms in total. The summed E-state index contributed by atoms with van der Waals surface area (Å²) >= 11 is 0. The van der Waals surface area contributed by atoms with Crippen LogP contribution in [-0.2, 0) is 11.0 Å². The van der Waals surface area contributed by atoms with Crippen molar-refractivity contribution in [3.8, 4) is 5.82 Å². The second-order valence-corrected chi connectivity index (χ2v) is 7.22. The Bertz CT molecular complexity index is 897. The van der Waals surface area contributed by atoms with E-state index in [4.69, 9.17) is 0 Å². The van der Waals surface area contributed by atoms with E-state index in [1.54, 1.807) is 6.07 Å². The van der Waals surface area contributed by atoms with Gasteiger partial charge >= 0.3 is 12.4 Å². The van der Waals surface area contributed by atoms with Crippen LogP contribution in [0.5, 0.6) is 0 Å². The molecule has 0 saturated carbocycles. The maximum atomic E-state index is 12.9. The van der Waals surface area contributed by atoms with Crippen LogP contribution in [0.25, 0.3) is 5.82 Å². The number of nitrogens with zero attached hydrogens (tertiary/aromatic N) is 4. The van der Waals surface area contributed by atoms with Crippen LogP contribution in [0.4, 0.5) is 26.3 Å². The zero-order valence-corrected chi connectivity index (χ0v) is 15.7. The Morgan fingerprint density at radius 1 is 1.10 bits per heavy atom. The fourth-order valence-electron chi connectivity index (χ4n) is 3.18. The van der Waals surface area contributed by atoms with E-state index in [1.807, 2.05) is 0 Å². The van der Waals surface area contributed by atoms with Crippen LogP contribution in [0, 0.1) is 0 Å². The molecule has 1 amide bonds. The highest BCUT2D eigenvalue weighted by atomic mass is 19.4. The van der Waals surface area contributed by atoms with Gasteiger partial charge in [0.2, 0.25) is 5.60 Å². The second kappa shape index (κ2) is 7.56. The number of hydrogen-bond donors (Lipinski definition) is 1. The molecule has 1 aliphatic heterocycles. The van der Waals surface area contributed by atoms with Crippen molar-refractivity contribution in [1.29, 1.82) is 0 Å². The standard InChI is InChI=1S/C18H18F6N4O2/c1-16(30,18(22,23)24)15(29)27-7-4-11(5-8-27)13-6-9-28(26-13)14-3-2-12(10-25-14)17(19,20)21/h2-3,6,9-11,30H,4-5,7-8H2,1H3/t16-/m1/s1. The van der Waals surface area contributed by atoms with Gasteiger partial charge < -0.3 is 10.0 Å². The van der Waals surface area contributed by atoms with Gasteiger partial charge in [-0.25, -0.2) is 9.67 Å². The lowest BCUT2D eigenvalue weighted by Gasteiger charge is -2.36. The summed E-state index contributed by atoms with van der Waals surface area (Å²) < 4.78 is 77.8. The van der Waals surface area contributed by atoms with E-state index in [9.17, 15) is 36.2 Å². The van der Waals surface area contributed by atoms with E-state index in [0.717, 1.165) is 11.0 Å². The molecule has 0 aromatic carbocycles. The molecule has 0 spiro atoms. The number of hydrogen-bond acceptors (Lipinski definition) is 4. The molecule has 1 fully saturated rings. The van der Waals surface area contributed by atoms with Crippen LogP contribution in [0.3, 0.4) is 0 Å². The molecule has 2 aromatic heterocycles. The van der Waals surface area contributed by atoms with Crippen molar-refractivity contribution in [2.45, 2.75) is 43.6 Å². The Hall–Kier alpha value is -2.63. The van der Waals surface area contributed by atoms with Crippen molar-refractivity contribution in [2.24, 2.45) is 0 Å². The highest BCUT2D eigenvalue weighted by Gasteiger charge is 2.57. The quantitative estimate of drug-likeness (QED) is 0.750. The molecule has 1 saturated heterocycles. The van der Waals surface area contributed by atoms with Gasteiger partial charge in [-0.2, -0.15) is 31.4 Å². The molecule has 3 heterocycles. The van der Waals surface area contributed by atoms with Crippen molar-refractivity contribution in [3.05, 3.63) is 41.9 Å². The molecule has 1 aliphatic rings. The lowest BCUT2D eigenvalue weighted by atomic mass is 9.92. The molecule has 1 N–H and O–H groups in total. The second-order valence-electron chi connectivity index (χ2n) is 7.22. The molecule has 0 aliphatic carbocycles. The lowest BCUT2D eigenvalue weighted by Crippen LogP contribution is -2.57. The van der Waals surface area contributed by atoms with Crippen LogP contribution in [-0.4, -0.2) is 55.5 Å². The van der Waals surface area contributed by atoms with E-state index in [-0.39, 0.29) is 24.8 Å². The predicted molar refractivity (Wildman–Crippen MR) is 91.6 cm³/mol. The number of aromatic nitrogens is 3. The van der Waals surface area contributed by atoms with E-state index in [2.05, 4.69) is 10.1 Å². The first-order chi connectivity index (χ1) is 13.8. The summed E-state index contributed by atoms with van der Waals surface area (Å²) in [7, 11) is 0. The topological polar surface area (TPSA) is 71.2 Å². The third-order valence-corrected chi connectivity index (χ3v) is 5.09. The van der Waals surface area contributed by atoms with Crippen LogP contribution >= 0.6 is 0 Å². The summed E-state index contributed by atoms with van der Waals surface area (Å²) in [5, 5.41) is 13.8. The highest BCUT2D eigenvalue weighted by Crippen LogP contribution is 2.34. The third-order valence-electron chi connectivity index (χ3n) is 5.09. The van der Waals surface area contributed by atoms with Crippen molar-refractivity contribution >= 4 is 5.91 Å². The van der Waals surface area contributed by atoms with Crippen molar-refractivity contribution < 1.29 is 36.2 Å². The number of pyridine rings is 1. The maximum Gasteiger partial charge on any atom is 0.426 e. The first-order valence-corrected chi connectivity index (χ1v) is 8.98. The first-order valence-electron chi connectivity index (χ1n) is 8.98. The molecule has 1 atom stereocenters. The van der Waals surface area contributed by atoms with E-state index in [0.29, 0.717) is 31.7 Å². The average Bonchev–Trinajstić information content (AvgIpc) is 3.16. The SMILES string of the molecule is C[C@@](O)(C(=O)N1CCC(c2ccn(-c3ccc(C(F)(F)F)cn3)n2)CC1)C(F)(F)F. The Labute approximate surface area is 167 Å². The fourth-order valence-corrected chi connectivity index (χ4v) is 3.18. The summed E-state index contributed by atoms with van der Waals surface area (Å²) in [6.45, 7) is 0.461. The number of halogens is 6. The molecule has 0 bridgehead atoms. The molecular formula is C18H18F6N4O2. The highest BCUT2D eigenvalue weighted by molar-refractivity contribution is 5.85. The molecule has 164 valence electrons. The minimum absolute atomic E-state index is 0.0150. The largest absolute Gasteiger partial charge is 0.426 e. The minimum Gasteiger partial charge on any atom is -0.373 e. The summed E-state index contributed by atoms with van der Waals surface area (Å²) in [4.78, 5) is 16.8. The average molecular weight is 436 g/mol. The van der Waals surface area contributed by atoms with Crippen LogP contribution in [0.15, 0.2) is 30.6 Å². The van der Waals surface area contributed by atoms with Gasteiger partial charge in [0.05, 0.1) is 11.3 Å². The van der Waals surface area contributed by atoms with Crippen LogP contribution < -0.4 is 0 Å². The van der Waals surface area contributed by atoms with Gasteiger partial charge in [0.25, 0.3) is 5.91 Å². The van der Waals surface area contributed by atoms with Gasteiger partial charge in [-0.15, -0.1) is 0 Å². The zero-order valence-electron chi connectivity index (χ0n) is 15.7. The van der Waals surface area contributed by atoms with Crippen molar-refractivity contribution in [3.63, 3.8) is 0 Å². The maximum absolute atomic E-state index is 12.9. The first kappa shape index (κ1) is 22.1. The monoisotopic (exact) mass is 436 g/mol. The van der Waals surface area contributed by atoms with Crippen molar-refractivity contribution in [1.82, 2.24) is 19.7 Å². The Morgan fingerprint density at radius 2 is 1.73 bits per heavy atom.